The zero-order valence-corrected chi connectivity index (χ0v) is 13.2. The lowest BCUT2D eigenvalue weighted by Gasteiger charge is -2.19. The highest BCUT2D eigenvalue weighted by atomic mass is 15.3. The summed E-state index contributed by atoms with van der Waals surface area (Å²) >= 11 is 0. The fourth-order valence-corrected chi connectivity index (χ4v) is 2.69. The summed E-state index contributed by atoms with van der Waals surface area (Å²) in [6, 6.07) is 9.17. The highest BCUT2D eigenvalue weighted by Crippen LogP contribution is 2.22. The second-order valence-corrected chi connectivity index (χ2v) is 5.50. The minimum atomic E-state index is 0.302. The van der Waals surface area contributed by atoms with Crippen molar-refractivity contribution in [3.05, 3.63) is 52.3 Å². The molecule has 0 radical (unpaired) electrons. The molecule has 1 aromatic carbocycles. The maximum absolute atomic E-state index is 4.56. The molecule has 0 spiro atoms. The molecule has 1 unspecified atom stereocenters. The van der Waals surface area contributed by atoms with Crippen LogP contribution in [-0.2, 0) is 13.0 Å². The molecule has 1 atom stereocenters. The number of hydrogen-bond acceptors (Lipinski definition) is 2. The van der Waals surface area contributed by atoms with Crippen LogP contribution in [0.5, 0.6) is 0 Å². The van der Waals surface area contributed by atoms with Crippen molar-refractivity contribution in [2.75, 3.05) is 7.05 Å². The van der Waals surface area contributed by atoms with E-state index in [-0.39, 0.29) is 0 Å². The van der Waals surface area contributed by atoms with Crippen molar-refractivity contribution in [3.8, 4) is 0 Å². The SMILES string of the molecule is CCn1nc(C)cc1C(Cc1cc(C)ccc1C)NC. The van der Waals surface area contributed by atoms with Gasteiger partial charge in [0.15, 0.2) is 0 Å². The molecule has 2 rings (SSSR count). The van der Waals surface area contributed by atoms with Crippen LogP contribution in [-0.4, -0.2) is 16.8 Å². The summed E-state index contributed by atoms with van der Waals surface area (Å²) in [5.74, 6) is 0. The number of rotatable bonds is 5. The van der Waals surface area contributed by atoms with Gasteiger partial charge in [0.05, 0.1) is 17.4 Å². The first-order valence-electron chi connectivity index (χ1n) is 7.33. The Bertz CT molecular complexity index is 584. The van der Waals surface area contributed by atoms with Gasteiger partial charge in [-0.3, -0.25) is 4.68 Å². The summed E-state index contributed by atoms with van der Waals surface area (Å²) in [5, 5.41) is 8.00. The number of benzene rings is 1. The normalized spacial score (nSPS) is 12.7. The average Bonchev–Trinajstić information content (AvgIpc) is 2.80. The van der Waals surface area contributed by atoms with Crippen LogP contribution in [0.1, 0.15) is 41.0 Å². The number of nitrogens with zero attached hydrogens (tertiary/aromatic N) is 2. The molecular formula is C17H25N3. The molecule has 108 valence electrons. The molecule has 3 heteroatoms. The van der Waals surface area contributed by atoms with E-state index >= 15 is 0 Å². The summed E-state index contributed by atoms with van der Waals surface area (Å²) in [4.78, 5) is 0. The molecular weight excluding hydrogens is 246 g/mol. The van der Waals surface area contributed by atoms with Gasteiger partial charge in [-0.25, -0.2) is 0 Å². The molecule has 0 aliphatic rings. The van der Waals surface area contributed by atoms with Crippen molar-refractivity contribution < 1.29 is 0 Å². The van der Waals surface area contributed by atoms with E-state index < -0.39 is 0 Å². The van der Waals surface area contributed by atoms with Gasteiger partial charge in [-0.05, 0) is 58.4 Å². The summed E-state index contributed by atoms with van der Waals surface area (Å²) in [6.07, 6.45) is 0.995. The first-order chi connectivity index (χ1) is 9.55. The zero-order chi connectivity index (χ0) is 14.7. The molecule has 20 heavy (non-hydrogen) atoms. The van der Waals surface area contributed by atoms with E-state index in [2.05, 4.69) is 67.1 Å². The highest BCUT2D eigenvalue weighted by molar-refractivity contribution is 5.32. The third kappa shape index (κ3) is 3.10. The van der Waals surface area contributed by atoms with Crippen molar-refractivity contribution in [2.45, 2.75) is 46.7 Å². The Morgan fingerprint density at radius 1 is 1.20 bits per heavy atom. The van der Waals surface area contributed by atoms with Crippen molar-refractivity contribution in [1.82, 2.24) is 15.1 Å². The Balaban J connectivity index is 2.30. The lowest BCUT2D eigenvalue weighted by molar-refractivity contribution is 0.512. The van der Waals surface area contributed by atoms with E-state index in [0.717, 1.165) is 18.7 Å². The molecule has 3 nitrogen and oxygen atoms in total. The Morgan fingerprint density at radius 3 is 2.60 bits per heavy atom. The number of nitrogens with one attached hydrogen (secondary N) is 1. The Morgan fingerprint density at radius 2 is 1.95 bits per heavy atom. The van der Waals surface area contributed by atoms with Crippen molar-refractivity contribution in [3.63, 3.8) is 0 Å². The van der Waals surface area contributed by atoms with Crippen LogP contribution in [0.15, 0.2) is 24.3 Å². The van der Waals surface area contributed by atoms with Crippen LogP contribution >= 0.6 is 0 Å². The number of likely N-dealkylation sites (N-methyl/N-ethyl adjacent to an activating group) is 1. The van der Waals surface area contributed by atoms with Gasteiger partial charge < -0.3 is 5.32 Å². The van der Waals surface area contributed by atoms with Crippen molar-refractivity contribution >= 4 is 0 Å². The average molecular weight is 271 g/mol. The Kier molecular flexibility index (Phi) is 4.61. The predicted octanol–water partition coefficient (Wildman–Crippen LogP) is 3.33. The minimum absolute atomic E-state index is 0.302. The summed E-state index contributed by atoms with van der Waals surface area (Å²) in [6.45, 7) is 9.44. The number of aryl methyl sites for hydroxylation is 4. The number of hydrogen-bond donors (Lipinski definition) is 1. The van der Waals surface area contributed by atoms with E-state index in [1.54, 1.807) is 0 Å². The van der Waals surface area contributed by atoms with Gasteiger partial charge in [0.1, 0.15) is 0 Å². The van der Waals surface area contributed by atoms with Gasteiger partial charge in [-0.15, -0.1) is 0 Å². The quantitative estimate of drug-likeness (QED) is 0.904. The molecule has 0 aliphatic heterocycles. The van der Waals surface area contributed by atoms with E-state index in [1.807, 2.05) is 7.05 Å². The largest absolute Gasteiger partial charge is 0.311 e. The minimum Gasteiger partial charge on any atom is -0.311 e. The van der Waals surface area contributed by atoms with Crippen LogP contribution in [0.2, 0.25) is 0 Å². The zero-order valence-electron chi connectivity index (χ0n) is 13.2. The molecule has 0 fully saturated rings. The molecule has 0 amide bonds. The van der Waals surface area contributed by atoms with Gasteiger partial charge in [0, 0.05) is 6.54 Å². The molecule has 1 N–H and O–H groups in total. The fraction of sp³-hybridized carbons (Fsp3) is 0.471. The third-order valence-electron chi connectivity index (χ3n) is 3.87. The molecule has 0 aliphatic carbocycles. The Labute approximate surface area is 122 Å². The second-order valence-electron chi connectivity index (χ2n) is 5.50. The molecule has 2 aromatic rings. The molecule has 1 heterocycles. The van der Waals surface area contributed by atoms with Crippen LogP contribution in [0.3, 0.4) is 0 Å². The lowest BCUT2D eigenvalue weighted by Crippen LogP contribution is -2.22. The topological polar surface area (TPSA) is 29.9 Å². The van der Waals surface area contributed by atoms with Gasteiger partial charge in [0.2, 0.25) is 0 Å². The molecule has 1 aromatic heterocycles. The van der Waals surface area contributed by atoms with Gasteiger partial charge in [-0.1, -0.05) is 23.8 Å². The lowest BCUT2D eigenvalue weighted by atomic mass is 9.97. The summed E-state index contributed by atoms with van der Waals surface area (Å²) in [7, 11) is 2.03. The first kappa shape index (κ1) is 14.8. The van der Waals surface area contributed by atoms with E-state index in [9.17, 15) is 0 Å². The first-order valence-corrected chi connectivity index (χ1v) is 7.33. The van der Waals surface area contributed by atoms with Crippen LogP contribution in [0.4, 0.5) is 0 Å². The second kappa shape index (κ2) is 6.23. The fourth-order valence-electron chi connectivity index (χ4n) is 2.69. The van der Waals surface area contributed by atoms with E-state index in [1.165, 1.54) is 22.4 Å². The Hall–Kier alpha value is -1.61. The van der Waals surface area contributed by atoms with Gasteiger partial charge in [-0.2, -0.15) is 5.10 Å². The monoisotopic (exact) mass is 271 g/mol. The molecule has 0 saturated heterocycles. The van der Waals surface area contributed by atoms with Gasteiger partial charge in [0.25, 0.3) is 0 Å². The van der Waals surface area contributed by atoms with E-state index in [0.29, 0.717) is 6.04 Å². The third-order valence-corrected chi connectivity index (χ3v) is 3.87. The summed E-state index contributed by atoms with van der Waals surface area (Å²) < 4.78 is 2.10. The van der Waals surface area contributed by atoms with Crippen LogP contribution in [0, 0.1) is 20.8 Å². The standard InChI is InChI=1S/C17H25N3/c1-6-20-17(10-14(4)19-20)16(18-5)11-15-9-12(2)7-8-13(15)3/h7-10,16,18H,6,11H2,1-5H3. The maximum atomic E-state index is 4.56. The van der Waals surface area contributed by atoms with Gasteiger partial charge >= 0.3 is 0 Å². The molecule has 0 saturated carbocycles. The van der Waals surface area contributed by atoms with Crippen molar-refractivity contribution in [2.24, 2.45) is 0 Å². The molecule has 0 bridgehead atoms. The highest BCUT2D eigenvalue weighted by Gasteiger charge is 2.16. The van der Waals surface area contributed by atoms with Crippen LogP contribution in [0.25, 0.3) is 0 Å². The summed E-state index contributed by atoms with van der Waals surface area (Å²) in [5.41, 5.74) is 6.44. The van der Waals surface area contributed by atoms with Crippen LogP contribution < -0.4 is 5.32 Å². The van der Waals surface area contributed by atoms with E-state index in [4.69, 9.17) is 0 Å². The smallest absolute Gasteiger partial charge is 0.0597 e. The number of aromatic nitrogens is 2. The van der Waals surface area contributed by atoms with Crippen molar-refractivity contribution in [1.29, 1.82) is 0 Å². The maximum Gasteiger partial charge on any atom is 0.0597 e. The predicted molar refractivity (Wildman–Crippen MR) is 84.1 cm³/mol.